The average molecular weight is 355 g/mol. The number of benzene rings is 1. The molecule has 0 aliphatic carbocycles. The highest BCUT2D eigenvalue weighted by Crippen LogP contribution is 2.13. The molecule has 7 heteroatoms. The summed E-state index contributed by atoms with van der Waals surface area (Å²) in [5.41, 5.74) is 0.626. The molecule has 136 valence electrons. The second kappa shape index (κ2) is 9.03. The molecule has 1 atom stereocenters. The standard InChI is InChI=1S/C17H30N4O2S/c1-6-18-16(20-13-17(3,4)21-24(5,22)23)19-12-14(2)15-10-8-7-9-11-15/h7-11,14,21H,6,12-13H2,1-5H3,(H2,18,19,20). The van der Waals surface area contributed by atoms with Crippen LogP contribution in [0, 0.1) is 0 Å². The highest BCUT2D eigenvalue weighted by molar-refractivity contribution is 7.88. The smallest absolute Gasteiger partial charge is 0.209 e. The largest absolute Gasteiger partial charge is 0.357 e. The second-order valence-electron chi connectivity index (χ2n) is 6.65. The Balaban J connectivity index is 2.65. The third kappa shape index (κ3) is 8.31. The topological polar surface area (TPSA) is 82.6 Å². The molecule has 0 heterocycles. The van der Waals surface area contributed by atoms with Crippen LogP contribution in [-0.4, -0.2) is 45.8 Å². The molecule has 24 heavy (non-hydrogen) atoms. The first-order valence-electron chi connectivity index (χ1n) is 8.19. The monoisotopic (exact) mass is 354 g/mol. The summed E-state index contributed by atoms with van der Waals surface area (Å²) >= 11 is 0. The maximum atomic E-state index is 11.4. The lowest BCUT2D eigenvalue weighted by Gasteiger charge is -2.24. The number of hydrogen-bond acceptors (Lipinski definition) is 3. The Labute approximate surface area is 146 Å². The van der Waals surface area contributed by atoms with E-state index in [0.717, 1.165) is 19.3 Å². The minimum absolute atomic E-state index is 0.342. The van der Waals surface area contributed by atoms with Gasteiger partial charge < -0.3 is 10.6 Å². The van der Waals surface area contributed by atoms with Gasteiger partial charge in [-0.25, -0.2) is 13.1 Å². The molecule has 6 nitrogen and oxygen atoms in total. The zero-order chi connectivity index (χ0) is 18.2. The van der Waals surface area contributed by atoms with Crippen molar-refractivity contribution in [2.45, 2.75) is 39.2 Å². The summed E-state index contributed by atoms with van der Waals surface area (Å²) in [4.78, 5) is 4.50. The molecular weight excluding hydrogens is 324 g/mol. The van der Waals surface area contributed by atoms with Crippen molar-refractivity contribution < 1.29 is 8.42 Å². The molecule has 1 rings (SSSR count). The third-order valence-electron chi connectivity index (χ3n) is 3.38. The van der Waals surface area contributed by atoms with Gasteiger partial charge in [0.05, 0.1) is 12.8 Å². The van der Waals surface area contributed by atoms with Crippen LogP contribution in [0.5, 0.6) is 0 Å². The van der Waals surface area contributed by atoms with Crippen LogP contribution in [0.15, 0.2) is 35.3 Å². The van der Waals surface area contributed by atoms with E-state index in [0.29, 0.717) is 18.4 Å². The number of nitrogens with zero attached hydrogens (tertiary/aromatic N) is 1. The van der Waals surface area contributed by atoms with Crippen molar-refractivity contribution >= 4 is 16.0 Å². The first-order valence-corrected chi connectivity index (χ1v) is 10.1. The van der Waals surface area contributed by atoms with E-state index < -0.39 is 15.6 Å². The van der Waals surface area contributed by atoms with Gasteiger partial charge in [-0.1, -0.05) is 37.3 Å². The summed E-state index contributed by atoms with van der Waals surface area (Å²) in [6.07, 6.45) is 1.16. The lowest BCUT2D eigenvalue weighted by atomic mass is 10.0. The van der Waals surface area contributed by atoms with Gasteiger partial charge in [0.25, 0.3) is 0 Å². The van der Waals surface area contributed by atoms with Crippen molar-refractivity contribution in [2.24, 2.45) is 4.99 Å². The van der Waals surface area contributed by atoms with Crippen LogP contribution in [0.3, 0.4) is 0 Å². The maximum absolute atomic E-state index is 11.4. The van der Waals surface area contributed by atoms with Crippen molar-refractivity contribution in [1.82, 2.24) is 15.4 Å². The minimum atomic E-state index is -3.26. The second-order valence-corrected chi connectivity index (χ2v) is 8.39. The van der Waals surface area contributed by atoms with Crippen LogP contribution in [0.25, 0.3) is 0 Å². The van der Waals surface area contributed by atoms with E-state index in [9.17, 15) is 8.42 Å². The van der Waals surface area contributed by atoms with E-state index in [1.165, 1.54) is 5.56 Å². The number of guanidine groups is 1. The molecule has 0 amide bonds. The van der Waals surface area contributed by atoms with Crippen molar-refractivity contribution in [2.75, 3.05) is 25.9 Å². The SMILES string of the molecule is CCNC(=NCC(C)(C)NS(C)(=O)=O)NCC(C)c1ccccc1. The Morgan fingerprint density at radius 3 is 2.38 bits per heavy atom. The first kappa shape index (κ1) is 20.4. The summed E-state index contributed by atoms with van der Waals surface area (Å²) in [6.45, 7) is 9.61. The Hall–Kier alpha value is -1.60. The summed E-state index contributed by atoms with van der Waals surface area (Å²) in [7, 11) is -3.26. The molecule has 0 spiro atoms. The summed E-state index contributed by atoms with van der Waals surface area (Å²) < 4.78 is 25.4. The molecule has 0 saturated heterocycles. The van der Waals surface area contributed by atoms with Crippen LogP contribution in [0.1, 0.15) is 39.2 Å². The summed E-state index contributed by atoms with van der Waals surface area (Å²) in [5.74, 6) is 1.03. The normalized spacial score (nSPS) is 14.3. The zero-order valence-corrected chi connectivity index (χ0v) is 16.1. The molecule has 0 saturated carbocycles. The van der Waals surface area contributed by atoms with Gasteiger partial charge in [-0.2, -0.15) is 0 Å². The Morgan fingerprint density at radius 2 is 1.83 bits per heavy atom. The molecule has 0 aliphatic heterocycles. The Bertz CT molecular complexity index is 627. The lowest BCUT2D eigenvalue weighted by Crippen LogP contribution is -2.47. The predicted octanol–water partition coefficient (Wildman–Crippen LogP) is 1.67. The fourth-order valence-electron chi connectivity index (χ4n) is 2.30. The van der Waals surface area contributed by atoms with Gasteiger partial charge in [0.2, 0.25) is 10.0 Å². The summed E-state index contributed by atoms with van der Waals surface area (Å²) in [5, 5.41) is 6.50. The van der Waals surface area contributed by atoms with Crippen LogP contribution in [-0.2, 0) is 10.0 Å². The zero-order valence-electron chi connectivity index (χ0n) is 15.3. The highest BCUT2D eigenvalue weighted by atomic mass is 32.2. The van der Waals surface area contributed by atoms with E-state index in [4.69, 9.17) is 0 Å². The molecule has 0 radical (unpaired) electrons. The summed E-state index contributed by atoms with van der Waals surface area (Å²) in [6, 6.07) is 10.3. The van der Waals surface area contributed by atoms with Gasteiger partial charge in [-0.3, -0.25) is 4.99 Å². The van der Waals surface area contributed by atoms with E-state index in [2.05, 4.69) is 39.4 Å². The van der Waals surface area contributed by atoms with Crippen molar-refractivity contribution in [3.05, 3.63) is 35.9 Å². The molecule has 0 bridgehead atoms. The lowest BCUT2D eigenvalue weighted by molar-refractivity contribution is 0.464. The Morgan fingerprint density at radius 1 is 1.21 bits per heavy atom. The quantitative estimate of drug-likeness (QED) is 0.490. The van der Waals surface area contributed by atoms with Crippen LogP contribution in [0.4, 0.5) is 0 Å². The molecule has 1 aromatic carbocycles. The van der Waals surface area contributed by atoms with Crippen molar-refractivity contribution in [3.8, 4) is 0 Å². The predicted molar refractivity (Wildman–Crippen MR) is 101 cm³/mol. The van der Waals surface area contributed by atoms with Gasteiger partial charge in [-0.15, -0.1) is 0 Å². The van der Waals surface area contributed by atoms with Crippen molar-refractivity contribution in [3.63, 3.8) is 0 Å². The van der Waals surface area contributed by atoms with Crippen LogP contribution in [0.2, 0.25) is 0 Å². The van der Waals surface area contributed by atoms with E-state index in [1.807, 2.05) is 39.0 Å². The van der Waals surface area contributed by atoms with Gasteiger partial charge in [0, 0.05) is 18.6 Å². The number of hydrogen-bond donors (Lipinski definition) is 3. The van der Waals surface area contributed by atoms with Gasteiger partial charge >= 0.3 is 0 Å². The third-order valence-corrected chi connectivity index (χ3v) is 4.31. The molecule has 3 N–H and O–H groups in total. The molecule has 0 aliphatic rings. The number of rotatable bonds is 8. The first-order chi connectivity index (χ1) is 11.1. The minimum Gasteiger partial charge on any atom is -0.357 e. The Kier molecular flexibility index (Phi) is 7.69. The highest BCUT2D eigenvalue weighted by Gasteiger charge is 2.21. The van der Waals surface area contributed by atoms with E-state index >= 15 is 0 Å². The molecular formula is C17H30N4O2S. The van der Waals surface area contributed by atoms with Crippen LogP contribution < -0.4 is 15.4 Å². The van der Waals surface area contributed by atoms with E-state index in [-0.39, 0.29) is 0 Å². The molecule has 1 aromatic rings. The molecule has 1 unspecified atom stereocenters. The van der Waals surface area contributed by atoms with E-state index in [1.54, 1.807) is 0 Å². The number of sulfonamides is 1. The fourth-order valence-corrected chi connectivity index (χ4v) is 3.37. The maximum Gasteiger partial charge on any atom is 0.209 e. The average Bonchev–Trinajstić information content (AvgIpc) is 2.48. The number of nitrogens with one attached hydrogen (secondary N) is 3. The van der Waals surface area contributed by atoms with Crippen LogP contribution >= 0.6 is 0 Å². The molecule has 0 fully saturated rings. The number of aliphatic imine (C=N–C) groups is 1. The van der Waals surface area contributed by atoms with Crippen molar-refractivity contribution in [1.29, 1.82) is 0 Å². The van der Waals surface area contributed by atoms with Gasteiger partial charge in [0.15, 0.2) is 5.96 Å². The fraction of sp³-hybridized carbons (Fsp3) is 0.588. The molecule has 0 aromatic heterocycles. The van der Waals surface area contributed by atoms with Gasteiger partial charge in [-0.05, 0) is 32.3 Å². The van der Waals surface area contributed by atoms with Gasteiger partial charge in [0.1, 0.15) is 0 Å².